The second-order valence-electron chi connectivity index (χ2n) is 7.45. The Kier molecular flexibility index (Phi) is 5.07. The lowest BCUT2D eigenvalue weighted by Gasteiger charge is -2.19. The molecule has 0 saturated carbocycles. The maximum absolute atomic E-state index is 6.17. The Labute approximate surface area is 181 Å². The van der Waals surface area contributed by atoms with Crippen LogP contribution in [0.3, 0.4) is 0 Å². The fraction of sp³-hybridized carbons (Fsp3) is 0.0769. The Morgan fingerprint density at radius 3 is 2.19 bits per heavy atom. The van der Waals surface area contributed by atoms with Crippen LogP contribution in [0.4, 0.5) is 5.69 Å². The van der Waals surface area contributed by atoms with E-state index in [0.717, 1.165) is 46.4 Å². The van der Waals surface area contributed by atoms with E-state index in [-0.39, 0.29) is 0 Å². The molecule has 0 bridgehead atoms. The highest BCUT2D eigenvalue weighted by Gasteiger charge is 2.12. The Morgan fingerprint density at radius 1 is 0.710 bits per heavy atom. The third-order valence-electron chi connectivity index (χ3n) is 5.13. The molecule has 5 rings (SSSR count). The van der Waals surface area contributed by atoms with Gasteiger partial charge in [0.25, 0.3) is 0 Å². The standard InChI is InChI=1S/C26H22N4O/c1-29-13-14-30(19-29)22-10-6-12-24(16-22)31-23-11-5-9-21(15-23)26-17-25(27-18-28-26)20-7-3-2-4-8-20/h2-18H,19H2,1H3. The van der Waals surface area contributed by atoms with Gasteiger partial charge in [-0.05, 0) is 30.3 Å². The van der Waals surface area contributed by atoms with Crippen LogP contribution in [0, 0.1) is 0 Å². The molecule has 152 valence electrons. The highest BCUT2D eigenvalue weighted by atomic mass is 16.5. The van der Waals surface area contributed by atoms with Crippen molar-refractivity contribution in [2.75, 3.05) is 18.6 Å². The number of aromatic nitrogens is 2. The normalized spacial score (nSPS) is 12.9. The minimum Gasteiger partial charge on any atom is -0.457 e. The molecule has 1 aromatic heterocycles. The topological polar surface area (TPSA) is 41.5 Å². The van der Waals surface area contributed by atoms with E-state index in [1.54, 1.807) is 6.33 Å². The summed E-state index contributed by atoms with van der Waals surface area (Å²) in [5, 5.41) is 0. The second kappa shape index (κ2) is 8.32. The Balaban J connectivity index is 1.39. The van der Waals surface area contributed by atoms with E-state index in [0.29, 0.717) is 0 Å². The fourth-order valence-electron chi connectivity index (χ4n) is 3.56. The first-order valence-corrected chi connectivity index (χ1v) is 10.2. The molecule has 2 heterocycles. The highest BCUT2D eigenvalue weighted by Crippen LogP contribution is 2.30. The highest BCUT2D eigenvalue weighted by molar-refractivity contribution is 5.68. The molecular weight excluding hydrogens is 384 g/mol. The van der Waals surface area contributed by atoms with Crippen molar-refractivity contribution in [2.45, 2.75) is 0 Å². The van der Waals surface area contributed by atoms with Crippen molar-refractivity contribution in [3.05, 3.63) is 104 Å². The molecule has 0 N–H and O–H groups in total. The number of hydrogen-bond donors (Lipinski definition) is 0. The zero-order valence-electron chi connectivity index (χ0n) is 17.2. The predicted molar refractivity (Wildman–Crippen MR) is 124 cm³/mol. The summed E-state index contributed by atoms with van der Waals surface area (Å²) in [7, 11) is 2.05. The van der Waals surface area contributed by atoms with Gasteiger partial charge in [-0.15, -0.1) is 0 Å². The van der Waals surface area contributed by atoms with E-state index in [1.807, 2.05) is 78.9 Å². The smallest absolute Gasteiger partial charge is 0.129 e. The predicted octanol–water partition coefficient (Wildman–Crippen LogP) is 5.78. The summed E-state index contributed by atoms with van der Waals surface area (Å²) in [5.41, 5.74) is 4.90. The van der Waals surface area contributed by atoms with Gasteiger partial charge in [0, 0.05) is 42.3 Å². The van der Waals surface area contributed by atoms with E-state index in [1.165, 1.54) is 0 Å². The van der Waals surface area contributed by atoms with E-state index in [4.69, 9.17) is 4.74 Å². The van der Waals surface area contributed by atoms with Crippen molar-refractivity contribution in [3.8, 4) is 34.0 Å². The molecule has 0 saturated heterocycles. The molecule has 0 radical (unpaired) electrons. The molecule has 5 heteroatoms. The summed E-state index contributed by atoms with van der Waals surface area (Å²) in [6, 6.07) is 28.2. The molecule has 0 atom stereocenters. The van der Waals surface area contributed by atoms with Crippen LogP contribution in [-0.2, 0) is 0 Å². The van der Waals surface area contributed by atoms with Gasteiger partial charge in [-0.25, -0.2) is 9.97 Å². The van der Waals surface area contributed by atoms with Crippen molar-refractivity contribution < 1.29 is 4.74 Å². The lowest BCUT2D eigenvalue weighted by Crippen LogP contribution is -2.21. The van der Waals surface area contributed by atoms with Gasteiger partial charge >= 0.3 is 0 Å². The van der Waals surface area contributed by atoms with E-state index < -0.39 is 0 Å². The molecule has 4 aromatic rings. The quantitative estimate of drug-likeness (QED) is 0.420. The van der Waals surface area contributed by atoms with Crippen molar-refractivity contribution in [1.82, 2.24) is 14.9 Å². The summed E-state index contributed by atoms with van der Waals surface area (Å²) >= 11 is 0. The van der Waals surface area contributed by atoms with Crippen LogP contribution in [0.1, 0.15) is 0 Å². The molecule has 0 fully saturated rings. The van der Waals surface area contributed by atoms with E-state index in [9.17, 15) is 0 Å². The Hall–Kier alpha value is -4.12. The first-order valence-electron chi connectivity index (χ1n) is 10.2. The molecule has 31 heavy (non-hydrogen) atoms. The summed E-state index contributed by atoms with van der Waals surface area (Å²) < 4.78 is 6.17. The van der Waals surface area contributed by atoms with Gasteiger partial charge in [-0.3, -0.25) is 0 Å². The summed E-state index contributed by atoms with van der Waals surface area (Å²) in [6.45, 7) is 0.830. The molecule has 5 nitrogen and oxygen atoms in total. The van der Waals surface area contributed by atoms with Crippen molar-refractivity contribution >= 4 is 5.69 Å². The van der Waals surface area contributed by atoms with Gasteiger partial charge < -0.3 is 14.5 Å². The van der Waals surface area contributed by atoms with Crippen LogP contribution >= 0.6 is 0 Å². The van der Waals surface area contributed by atoms with Gasteiger partial charge in [0.2, 0.25) is 0 Å². The van der Waals surface area contributed by atoms with Gasteiger partial charge in [-0.2, -0.15) is 0 Å². The minimum absolute atomic E-state index is 0.767. The summed E-state index contributed by atoms with van der Waals surface area (Å²) in [4.78, 5) is 13.2. The number of benzene rings is 3. The first kappa shape index (κ1) is 18.9. The first-order chi connectivity index (χ1) is 15.2. The summed E-state index contributed by atoms with van der Waals surface area (Å²) in [6.07, 6.45) is 5.73. The minimum atomic E-state index is 0.767. The van der Waals surface area contributed by atoms with Crippen molar-refractivity contribution in [2.24, 2.45) is 0 Å². The van der Waals surface area contributed by atoms with Crippen LogP contribution in [0.2, 0.25) is 0 Å². The number of anilines is 1. The number of ether oxygens (including phenoxy) is 1. The molecule has 0 unspecified atom stereocenters. The maximum atomic E-state index is 6.17. The average molecular weight is 406 g/mol. The number of rotatable bonds is 5. The average Bonchev–Trinajstić information content (AvgIpc) is 3.26. The van der Waals surface area contributed by atoms with Gasteiger partial charge in [0.05, 0.1) is 18.1 Å². The van der Waals surface area contributed by atoms with Gasteiger partial charge in [0.15, 0.2) is 0 Å². The fourth-order valence-corrected chi connectivity index (χ4v) is 3.56. The molecular formula is C26H22N4O. The van der Waals surface area contributed by atoms with Crippen LogP contribution < -0.4 is 9.64 Å². The third kappa shape index (κ3) is 4.26. The molecule has 1 aliphatic heterocycles. The number of hydrogen-bond acceptors (Lipinski definition) is 5. The van der Waals surface area contributed by atoms with Crippen LogP contribution in [0.5, 0.6) is 11.5 Å². The molecule has 0 aliphatic carbocycles. The van der Waals surface area contributed by atoms with E-state index >= 15 is 0 Å². The van der Waals surface area contributed by atoms with Crippen LogP contribution in [-0.4, -0.2) is 28.6 Å². The largest absolute Gasteiger partial charge is 0.457 e. The maximum Gasteiger partial charge on any atom is 0.129 e. The van der Waals surface area contributed by atoms with Gasteiger partial charge in [0.1, 0.15) is 17.8 Å². The number of nitrogens with zero attached hydrogens (tertiary/aromatic N) is 4. The summed E-state index contributed by atoms with van der Waals surface area (Å²) in [5.74, 6) is 1.56. The lowest BCUT2D eigenvalue weighted by atomic mass is 10.1. The van der Waals surface area contributed by atoms with E-state index in [2.05, 4.69) is 45.3 Å². The molecule has 0 amide bonds. The lowest BCUT2D eigenvalue weighted by molar-refractivity contribution is 0.481. The second-order valence-corrected chi connectivity index (χ2v) is 7.45. The van der Waals surface area contributed by atoms with Crippen LogP contribution in [0.15, 0.2) is 104 Å². The molecule has 0 spiro atoms. The molecule has 3 aromatic carbocycles. The van der Waals surface area contributed by atoms with Crippen LogP contribution in [0.25, 0.3) is 22.5 Å². The van der Waals surface area contributed by atoms with Gasteiger partial charge in [-0.1, -0.05) is 48.5 Å². The zero-order chi connectivity index (χ0) is 21.0. The zero-order valence-corrected chi connectivity index (χ0v) is 17.2. The third-order valence-corrected chi connectivity index (χ3v) is 5.13. The van der Waals surface area contributed by atoms with Crippen molar-refractivity contribution in [3.63, 3.8) is 0 Å². The Morgan fingerprint density at radius 2 is 1.42 bits per heavy atom. The SMILES string of the molecule is CN1C=CN(c2cccc(Oc3cccc(-c4cc(-c5ccccc5)ncn4)c3)c2)C1. The molecule has 1 aliphatic rings. The van der Waals surface area contributed by atoms with Crippen molar-refractivity contribution in [1.29, 1.82) is 0 Å². The Bertz CT molecular complexity index is 1220. The monoisotopic (exact) mass is 406 g/mol.